The summed E-state index contributed by atoms with van der Waals surface area (Å²) in [7, 11) is 0.941. The zero-order chi connectivity index (χ0) is 14.0. The molecular weight excluding hydrogens is 259 g/mol. The first-order valence-electron chi connectivity index (χ1n) is 8.47. The fourth-order valence-corrected chi connectivity index (χ4v) is 4.25. The number of hydrogen-bond donors (Lipinski definition) is 0. The van der Waals surface area contributed by atoms with Gasteiger partial charge in [0.15, 0.2) is 0 Å². The Balaban J connectivity index is 1.57. The van der Waals surface area contributed by atoms with Crippen LogP contribution >= 0.6 is 8.19 Å². The third-order valence-electron chi connectivity index (χ3n) is 4.22. The lowest BCUT2D eigenvalue weighted by atomic mass is 10.1. The summed E-state index contributed by atoms with van der Waals surface area (Å²) >= 11 is 0. The van der Waals surface area contributed by atoms with E-state index in [9.17, 15) is 0 Å². The van der Waals surface area contributed by atoms with Crippen LogP contribution in [0.2, 0.25) is 0 Å². The Morgan fingerprint density at radius 1 is 0.800 bits per heavy atom. The van der Waals surface area contributed by atoms with Crippen LogP contribution in [-0.2, 0) is 6.42 Å². The highest BCUT2D eigenvalue weighted by atomic mass is 31.0. The highest BCUT2D eigenvalue weighted by Gasteiger charge is 2.01. The van der Waals surface area contributed by atoms with Crippen molar-refractivity contribution in [2.75, 3.05) is 0 Å². The van der Waals surface area contributed by atoms with Crippen LogP contribution in [0.25, 0.3) is 10.8 Å². The SMILES string of the molecule is CCCCCCCCCCCc1[pH]cc2ccccc12. The molecule has 0 amide bonds. The molecule has 2 rings (SSSR count). The predicted molar refractivity (Wildman–Crippen MR) is 94.4 cm³/mol. The summed E-state index contributed by atoms with van der Waals surface area (Å²) in [4.78, 5) is 0. The van der Waals surface area contributed by atoms with Crippen molar-refractivity contribution in [1.29, 1.82) is 0 Å². The molecule has 2 aromatic rings. The van der Waals surface area contributed by atoms with E-state index in [1.54, 1.807) is 5.30 Å². The van der Waals surface area contributed by atoms with Crippen molar-refractivity contribution < 1.29 is 0 Å². The van der Waals surface area contributed by atoms with Gasteiger partial charge in [-0.05, 0) is 34.7 Å². The third kappa shape index (κ3) is 4.98. The third-order valence-corrected chi connectivity index (χ3v) is 5.54. The van der Waals surface area contributed by atoms with Crippen LogP contribution in [0.4, 0.5) is 0 Å². The van der Waals surface area contributed by atoms with Crippen LogP contribution in [0.3, 0.4) is 0 Å². The maximum Gasteiger partial charge on any atom is -0.0112 e. The zero-order valence-electron chi connectivity index (χ0n) is 13.0. The van der Waals surface area contributed by atoms with Gasteiger partial charge in [-0.15, -0.1) is 8.19 Å². The fourth-order valence-electron chi connectivity index (χ4n) is 2.96. The molecule has 0 aliphatic heterocycles. The Kier molecular flexibility index (Phi) is 7.23. The summed E-state index contributed by atoms with van der Waals surface area (Å²) in [5.74, 6) is 2.42. The summed E-state index contributed by atoms with van der Waals surface area (Å²) in [6, 6.07) is 8.89. The van der Waals surface area contributed by atoms with Crippen molar-refractivity contribution in [3.63, 3.8) is 0 Å². The van der Waals surface area contributed by atoms with Gasteiger partial charge in [-0.1, -0.05) is 82.6 Å². The first-order chi connectivity index (χ1) is 9.92. The van der Waals surface area contributed by atoms with Gasteiger partial charge in [0.05, 0.1) is 0 Å². The van der Waals surface area contributed by atoms with Gasteiger partial charge in [0.25, 0.3) is 0 Å². The quantitative estimate of drug-likeness (QED) is 0.415. The zero-order valence-corrected chi connectivity index (χ0v) is 14.0. The van der Waals surface area contributed by atoms with Gasteiger partial charge in [-0.2, -0.15) is 0 Å². The van der Waals surface area contributed by atoms with Crippen LogP contribution in [0.15, 0.2) is 30.1 Å². The standard InChI is InChI=1S/C19H29P/c1-2-3-4-5-6-7-8-9-10-15-19-18-14-12-11-13-17(18)16-20-19/h11-14,16,20H,2-10,15H2,1H3. The molecular formula is C19H29P. The minimum absolute atomic E-state index is 0.941. The van der Waals surface area contributed by atoms with Gasteiger partial charge in [0, 0.05) is 0 Å². The van der Waals surface area contributed by atoms with Gasteiger partial charge < -0.3 is 0 Å². The van der Waals surface area contributed by atoms with E-state index in [1.807, 2.05) is 0 Å². The molecule has 0 spiro atoms. The van der Waals surface area contributed by atoms with Gasteiger partial charge in [-0.25, -0.2) is 0 Å². The molecule has 0 fully saturated rings. The molecule has 1 heteroatoms. The molecule has 1 aromatic carbocycles. The molecule has 1 aromatic heterocycles. The lowest BCUT2D eigenvalue weighted by molar-refractivity contribution is 0.566. The number of hydrogen-bond acceptors (Lipinski definition) is 0. The molecule has 0 aliphatic carbocycles. The Bertz CT molecular complexity index is 483. The summed E-state index contributed by atoms with van der Waals surface area (Å²) < 4.78 is 0. The fraction of sp³-hybridized carbons (Fsp3) is 0.579. The molecule has 0 radical (unpaired) electrons. The second-order valence-electron chi connectivity index (χ2n) is 5.93. The van der Waals surface area contributed by atoms with E-state index >= 15 is 0 Å². The first kappa shape index (κ1) is 15.6. The van der Waals surface area contributed by atoms with Gasteiger partial charge in [0.1, 0.15) is 0 Å². The molecule has 0 nitrogen and oxygen atoms in total. The van der Waals surface area contributed by atoms with E-state index in [4.69, 9.17) is 0 Å². The molecule has 0 saturated heterocycles. The van der Waals surface area contributed by atoms with Crippen LogP contribution < -0.4 is 0 Å². The van der Waals surface area contributed by atoms with Crippen LogP contribution in [0.5, 0.6) is 0 Å². The number of benzene rings is 1. The molecule has 0 N–H and O–H groups in total. The second kappa shape index (κ2) is 9.24. The van der Waals surface area contributed by atoms with Gasteiger partial charge in [0.2, 0.25) is 0 Å². The van der Waals surface area contributed by atoms with Crippen molar-refractivity contribution in [2.24, 2.45) is 0 Å². The van der Waals surface area contributed by atoms with E-state index in [0.29, 0.717) is 0 Å². The summed E-state index contributed by atoms with van der Waals surface area (Å²) in [6.07, 6.45) is 14.2. The van der Waals surface area contributed by atoms with E-state index in [2.05, 4.69) is 37.0 Å². The van der Waals surface area contributed by atoms with Gasteiger partial charge in [-0.3, -0.25) is 0 Å². The minimum Gasteiger partial charge on any atom is -0.135 e. The molecule has 1 heterocycles. The highest BCUT2D eigenvalue weighted by molar-refractivity contribution is 7.31. The van der Waals surface area contributed by atoms with Crippen molar-refractivity contribution in [1.82, 2.24) is 0 Å². The molecule has 0 saturated carbocycles. The van der Waals surface area contributed by atoms with Gasteiger partial charge >= 0.3 is 0 Å². The molecule has 110 valence electrons. The number of aryl methyl sites for hydroxylation is 1. The molecule has 0 bridgehead atoms. The summed E-state index contributed by atoms with van der Waals surface area (Å²) in [5, 5.41) is 4.70. The smallest absolute Gasteiger partial charge is 0.0112 e. The number of unbranched alkanes of at least 4 members (excludes halogenated alkanes) is 8. The average molecular weight is 288 g/mol. The lowest BCUT2D eigenvalue weighted by Crippen LogP contribution is -1.84. The highest BCUT2D eigenvalue weighted by Crippen LogP contribution is 2.30. The van der Waals surface area contributed by atoms with Crippen molar-refractivity contribution >= 4 is 19.0 Å². The Morgan fingerprint density at radius 3 is 2.20 bits per heavy atom. The lowest BCUT2D eigenvalue weighted by Gasteiger charge is -2.02. The molecule has 1 atom stereocenters. The van der Waals surface area contributed by atoms with E-state index in [0.717, 1.165) is 8.19 Å². The van der Waals surface area contributed by atoms with Crippen molar-refractivity contribution in [2.45, 2.75) is 71.1 Å². The molecule has 0 aliphatic rings. The number of fused-ring (bicyclic) bond motifs is 1. The Labute approximate surface area is 126 Å². The largest absolute Gasteiger partial charge is 0.135 e. The van der Waals surface area contributed by atoms with Crippen LogP contribution in [-0.4, -0.2) is 0 Å². The van der Waals surface area contributed by atoms with E-state index < -0.39 is 0 Å². The summed E-state index contributed by atoms with van der Waals surface area (Å²) in [6.45, 7) is 2.29. The minimum atomic E-state index is 0.941. The van der Waals surface area contributed by atoms with Crippen molar-refractivity contribution in [3.05, 3.63) is 35.4 Å². The second-order valence-corrected chi connectivity index (χ2v) is 7.11. The predicted octanol–water partition coefficient (Wildman–Crippen LogP) is 6.94. The average Bonchev–Trinajstić information content (AvgIpc) is 2.89. The van der Waals surface area contributed by atoms with E-state index in [1.165, 1.54) is 75.0 Å². The molecule has 20 heavy (non-hydrogen) atoms. The monoisotopic (exact) mass is 288 g/mol. The Morgan fingerprint density at radius 2 is 1.45 bits per heavy atom. The Hall–Kier alpha value is -0.740. The van der Waals surface area contributed by atoms with Crippen molar-refractivity contribution in [3.8, 4) is 0 Å². The normalized spacial score (nSPS) is 11.7. The maximum absolute atomic E-state index is 2.42. The molecule has 1 unspecified atom stereocenters. The first-order valence-corrected chi connectivity index (χ1v) is 9.54. The maximum atomic E-state index is 2.42. The van der Waals surface area contributed by atoms with E-state index in [-0.39, 0.29) is 0 Å². The van der Waals surface area contributed by atoms with Crippen LogP contribution in [0.1, 0.15) is 70.0 Å². The number of rotatable bonds is 10. The summed E-state index contributed by atoms with van der Waals surface area (Å²) in [5.41, 5.74) is 0. The topological polar surface area (TPSA) is 0 Å². The van der Waals surface area contributed by atoms with Crippen LogP contribution in [0, 0.1) is 0 Å².